The Balaban J connectivity index is 1.84. The van der Waals surface area contributed by atoms with Gasteiger partial charge in [0.2, 0.25) is 5.91 Å². The van der Waals surface area contributed by atoms with Crippen molar-refractivity contribution in [2.75, 3.05) is 26.2 Å². The number of likely N-dealkylation sites (tertiary alicyclic amines) is 2. The number of nitrogens with two attached hydrogens (primary N) is 1. The largest absolute Gasteiger partial charge is 0.341 e. The Labute approximate surface area is 110 Å². The van der Waals surface area contributed by atoms with Crippen LogP contribution in [0.2, 0.25) is 0 Å². The average Bonchev–Trinajstić information content (AvgIpc) is 2.75. The first-order valence-electron chi connectivity index (χ1n) is 7.35. The van der Waals surface area contributed by atoms with Gasteiger partial charge in [0, 0.05) is 25.2 Å². The van der Waals surface area contributed by atoms with E-state index < -0.39 is 0 Å². The summed E-state index contributed by atoms with van der Waals surface area (Å²) in [6.07, 6.45) is 4.74. The lowest BCUT2D eigenvalue weighted by Crippen LogP contribution is -2.48. The van der Waals surface area contributed by atoms with E-state index in [2.05, 4.69) is 18.7 Å². The van der Waals surface area contributed by atoms with Gasteiger partial charge in [-0.15, -0.1) is 0 Å². The van der Waals surface area contributed by atoms with Gasteiger partial charge in [-0.05, 0) is 52.0 Å². The Kier molecular flexibility index (Phi) is 4.62. The molecule has 4 heteroatoms. The van der Waals surface area contributed by atoms with E-state index in [0.717, 1.165) is 26.1 Å². The van der Waals surface area contributed by atoms with E-state index >= 15 is 0 Å². The number of amides is 1. The zero-order chi connectivity index (χ0) is 13.1. The molecule has 0 radical (unpaired) electrons. The van der Waals surface area contributed by atoms with Crippen molar-refractivity contribution in [1.29, 1.82) is 0 Å². The SMILES string of the molecule is C[C@H](N)[C@H]1CCCN(C(=O)CN2CCC[C@@H]2C)C1. The summed E-state index contributed by atoms with van der Waals surface area (Å²) in [5.74, 6) is 0.785. The molecule has 0 bridgehead atoms. The molecule has 2 fully saturated rings. The number of carbonyl (C=O) groups excluding carboxylic acids is 1. The van der Waals surface area contributed by atoms with Crippen LogP contribution < -0.4 is 5.73 Å². The molecule has 3 atom stereocenters. The fourth-order valence-electron chi connectivity index (χ4n) is 3.17. The van der Waals surface area contributed by atoms with Gasteiger partial charge in [-0.1, -0.05) is 0 Å². The van der Waals surface area contributed by atoms with Crippen LogP contribution in [0.25, 0.3) is 0 Å². The van der Waals surface area contributed by atoms with Gasteiger partial charge in [-0.2, -0.15) is 0 Å². The molecule has 2 aliphatic rings. The number of nitrogens with zero attached hydrogens (tertiary/aromatic N) is 2. The van der Waals surface area contributed by atoms with Gasteiger partial charge >= 0.3 is 0 Å². The Bertz CT molecular complexity index is 293. The molecular weight excluding hydrogens is 226 g/mol. The predicted molar refractivity (Wildman–Crippen MR) is 73.2 cm³/mol. The quantitative estimate of drug-likeness (QED) is 0.818. The molecular formula is C14H27N3O. The van der Waals surface area contributed by atoms with Crippen molar-refractivity contribution in [2.45, 2.75) is 51.6 Å². The highest BCUT2D eigenvalue weighted by Gasteiger charge is 2.28. The summed E-state index contributed by atoms with van der Waals surface area (Å²) in [4.78, 5) is 16.7. The number of hydrogen-bond donors (Lipinski definition) is 1. The van der Waals surface area contributed by atoms with Gasteiger partial charge in [0.1, 0.15) is 0 Å². The lowest BCUT2D eigenvalue weighted by Gasteiger charge is -2.35. The van der Waals surface area contributed by atoms with E-state index in [-0.39, 0.29) is 6.04 Å². The minimum absolute atomic E-state index is 0.200. The zero-order valence-corrected chi connectivity index (χ0v) is 11.8. The number of piperidine rings is 1. The highest BCUT2D eigenvalue weighted by molar-refractivity contribution is 5.78. The summed E-state index contributed by atoms with van der Waals surface area (Å²) in [7, 11) is 0. The molecule has 0 spiro atoms. The molecule has 2 heterocycles. The second-order valence-electron chi connectivity index (χ2n) is 6.06. The van der Waals surface area contributed by atoms with Crippen LogP contribution in [-0.4, -0.2) is 54.0 Å². The molecule has 0 aliphatic carbocycles. The Morgan fingerprint density at radius 1 is 1.33 bits per heavy atom. The molecule has 2 saturated heterocycles. The van der Waals surface area contributed by atoms with Gasteiger partial charge in [0.25, 0.3) is 0 Å². The van der Waals surface area contributed by atoms with E-state index in [4.69, 9.17) is 5.73 Å². The molecule has 2 rings (SSSR count). The fraction of sp³-hybridized carbons (Fsp3) is 0.929. The molecule has 1 amide bonds. The minimum Gasteiger partial charge on any atom is -0.341 e. The first-order chi connectivity index (χ1) is 8.58. The molecule has 0 unspecified atom stereocenters. The summed E-state index contributed by atoms with van der Waals surface area (Å²) in [5.41, 5.74) is 5.97. The third kappa shape index (κ3) is 3.23. The molecule has 2 aliphatic heterocycles. The standard InChI is InChI=1S/C14H27N3O/c1-11-5-3-7-16(11)10-14(18)17-8-4-6-13(9-17)12(2)15/h11-13H,3-10,15H2,1-2H3/t11-,12-,13-/m0/s1. The van der Waals surface area contributed by atoms with Crippen molar-refractivity contribution < 1.29 is 4.79 Å². The van der Waals surface area contributed by atoms with Crippen molar-refractivity contribution in [2.24, 2.45) is 11.7 Å². The third-order valence-electron chi connectivity index (χ3n) is 4.58. The normalized spacial score (nSPS) is 31.6. The zero-order valence-electron chi connectivity index (χ0n) is 11.8. The summed E-state index contributed by atoms with van der Waals surface area (Å²) < 4.78 is 0. The van der Waals surface area contributed by atoms with Crippen molar-refractivity contribution in [3.8, 4) is 0 Å². The summed E-state index contributed by atoms with van der Waals surface area (Å²) in [6.45, 7) is 7.75. The van der Waals surface area contributed by atoms with E-state index in [1.165, 1.54) is 19.3 Å². The van der Waals surface area contributed by atoms with Crippen LogP contribution in [0.5, 0.6) is 0 Å². The maximum Gasteiger partial charge on any atom is 0.236 e. The second kappa shape index (κ2) is 6.02. The van der Waals surface area contributed by atoms with E-state index in [1.807, 2.05) is 4.90 Å². The van der Waals surface area contributed by atoms with Crippen LogP contribution in [0.4, 0.5) is 0 Å². The van der Waals surface area contributed by atoms with Crippen LogP contribution >= 0.6 is 0 Å². The molecule has 4 nitrogen and oxygen atoms in total. The van der Waals surface area contributed by atoms with Crippen LogP contribution in [0.3, 0.4) is 0 Å². The van der Waals surface area contributed by atoms with Gasteiger partial charge in [-0.3, -0.25) is 9.69 Å². The lowest BCUT2D eigenvalue weighted by atomic mass is 9.92. The van der Waals surface area contributed by atoms with Crippen LogP contribution in [-0.2, 0) is 4.79 Å². The summed E-state index contributed by atoms with van der Waals surface area (Å²) in [6, 6.07) is 0.772. The molecule has 2 N–H and O–H groups in total. The monoisotopic (exact) mass is 253 g/mol. The van der Waals surface area contributed by atoms with E-state index in [0.29, 0.717) is 24.4 Å². The predicted octanol–water partition coefficient (Wildman–Crippen LogP) is 1.06. The smallest absolute Gasteiger partial charge is 0.236 e. The molecule has 0 aromatic heterocycles. The number of carbonyl (C=O) groups is 1. The average molecular weight is 253 g/mol. The number of rotatable bonds is 3. The Hall–Kier alpha value is -0.610. The first-order valence-corrected chi connectivity index (χ1v) is 7.35. The summed E-state index contributed by atoms with van der Waals surface area (Å²) in [5, 5.41) is 0. The maximum atomic E-state index is 12.3. The van der Waals surface area contributed by atoms with Crippen molar-refractivity contribution in [3.63, 3.8) is 0 Å². The number of hydrogen-bond acceptors (Lipinski definition) is 3. The molecule has 0 saturated carbocycles. The van der Waals surface area contributed by atoms with E-state index in [9.17, 15) is 4.79 Å². The molecule has 18 heavy (non-hydrogen) atoms. The van der Waals surface area contributed by atoms with Gasteiger partial charge in [0.05, 0.1) is 6.54 Å². The summed E-state index contributed by atoms with van der Waals surface area (Å²) >= 11 is 0. The van der Waals surface area contributed by atoms with Gasteiger partial charge in [-0.25, -0.2) is 0 Å². The van der Waals surface area contributed by atoms with Crippen LogP contribution in [0.1, 0.15) is 39.5 Å². The highest BCUT2D eigenvalue weighted by atomic mass is 16.2. The Morgan fingerprint density at radius 3 is 2.67 bits per heavy atom. The van der Waals surface area contributed by atoms with Crippen molar-refractivity contribution >= 4 is 5.91 Å². The van der Waals surface area contributed by atoms with Crippen molar-refractivity contribution in [3.05, 3.63) is 0 Å². The first kappa shape index (κ1) is 13.8. The van der Waals surface area contributed by atoms with Crippen LogP contribution in [0.15, 0.2) is 0 Å². The van der Waals surface area contributed by atoms with Crippen LogP contribution in [0, 0.1) is 5.92 Å². The van der Waals surface area contributed by atoms with Gasteiger partial charge in [0.15, 0.2) is 0 Å². The molecule has 0 aromatic rings. The molecule has 104 valence electrons. The second-order valence-corrected chi connectivity index (χ2v) is 6.06. The van der Waals surface area contributed by atoms with E-state index in [1.54, 1.807) is 0 Å². The highest BCUT2D eigenvalue weighted by Crippen LogP contribution is 2.20. The Morgan fingerprint density at radius 2 is 2.06 bits per heavy atom. The fourth-order valence-corrected chi connectivity index (χ4v) is 3.17. The minimum atomic E-state index is 0.200. The molecule has 0 aromatic carbocycles. The van der Waals surface area contributed by atoms with Crippen molar-refractivity contribution in [1.82, 2.24) is 9.80 Å². The maximum absolute atomic E-state index is 12.3. The third-order valence-corrected chi connectivity index (χ3v) is 4.58. The lowest BCUT2D eigenvalue weighted by molar-refractivity contribution is -0.134. The van der Waals surface area contributed by atoms with Gasteiger partial charge < -0.3 is 10.6 Å². The topological polar surface area (TPSA) is 49.6 Å².